The van der Waals surface area contributed by atoms with E-state index in [0.717, 1.165) is 16.0 Å². The van der Waals surface area contributed by atoms with Crippen LogP contribution in [0, 0.1) is 5.92 Å². The van der Waals surface area contributed by atoms with Crippen LogP contribution in [-0.2, 0) is 6.54 Å². The number of aliphatic hydroxyl groups is 1. The lowest BCUT2D eigenvalue weighted by atomic mass is 10.1. The maximum absolute atomic E-state index is 9.56. The van der Waals surface area contributed by atoms with Crippen LogP contribution in [0.15, 0.2) is 34.8 Å². The molecule has 0 bridgehead atoms. The van der Waals surface area contributed by atoms with E-state index in [1.165, 1.54) is 18.4 Å². The fourth-order valence-corrected chi connectivity index (χ4v) is 3.05. The van der Waals surface area contributed by atoms with Crippen LogP contribution in [0.25, 0.3) is 0 Å². The monoisotopic (exact) mass is 404 g/mol. The van der Waals surface area contributed by atoms with Gasteiger partial charge in [-0.05, 0) is 30.4 Å². The first-order chi connectivity index (χ1) is 12.1. The first-order valence-corrected chi connectivity index (χ1v) is 9.59. The van der Waals surface area contributed by atoms with Gasteiger partial charge in [0.15, 0.2) is 0 Å². The molecule has 1 fully saturated rings. The van der Waals surface area contributed by atoms with E-state index >= 15 is 0 Å². The van der Waals surface area contributed by atoms with Crippen LogP contribution >= 0.6 is 15.9 Å². The number of benzene rings is 1. The minimum absolute atomic E-state index is 0.0504. The third-order valence-electron chi connectivity index (χ3n) is 4.48. The number of aliphatic hydroxyl groups excluding tert-OH is 1. The summed E-state index contributed by atoms with van der Waals surface area (Å²) in [5, 5.41) is 16.2. The maximum Gasteiger partial charge on any atom is 0.225 e. The molecule has 0 amide bonds. The average Bonchev–Trinajstić information content (AvgIpc) is 3.43. The molecule has 0 unspecified atom stereocenters. The van der Waals surface area contributed by atoms with Crippen molar-refractivity contribution in [3.8, 4) is 0 Å². The fourth-order valence-electron chi connectivity index (χ4n) is 2.63. The zero-order valence-electron chi connectivity index (χ0n) is 14.7. The van der Waals surface area contributed by atoms with Crippen molar-refractivity contribution in [3.05, 3.63) is 46.1 Å². The molecule has 2 aromatic rings. The van der Waals surface area contributed by atoms with Crippen molar-refractivity contribution < 1.29 is 5.11 Å². The molecule has 25 heavy (non-hydrogen) atoms. The lowest BCUT2D eigenvalue weighted by Crippen LogP contribution is -2.30. The number of nitrogens with zero attached hydrogens (tertiary/aromatic N) is 2. The molecular weight excluding hydrogens is 380 g/mol. The summed E-state index contributed by atoms with van der Waals surface area (Å²) < 4.78 is 1.08. The standard InChI is InChI=1S/C19H25BrN4O/c1-12(2)17(11-25)23-19-22-16(13-7-8-13)9-18(24-19)21-10-14-5-3-4-6-15(14)20/h3-6,9,12-13,17,25H,7-8,10-11H2,1-2H3,(H2,21,22,23,24)/t17-/m0/s1. The number of rotatable bonds is 8. The summed E-state index contributed by atoms with van der Waals surface area (Å²) in [5.74, 6) is 2.25. The van der Waals surface area contributed by atoms with Crippen LogP contribution in [0.4, 0.5) is 11.8 Å². The van der Waals surface area contributed by atoms with Crippen LogP contribution in [-0.4, -0.2) is 27.7 Å². The van der Waals surface area contributed by atoms with Crippen molar-refractivity contribution >= 4 is 27.7 Å². The van der Waals surface area contributed by atoms with Gasteiger partial charge in [0.25, 0.3) is 0 Å². The predicted octanol–water partition coefficient (Wildman–Crippen LogP) is 4.16. The van der Waals surface area contributed by atoms with E-state index < -0.39 is 0 Å². The van der Waals surface area contributed by atoms with Gasteiger partial charge < -0.3 is 15.7 Å². The second-order valence-corrected chi connectivity index (χ2v) is 7.75. The molecular formula is C19H25BrN4O. The molecule has 1 atom stereocenters. The Morgan fingerprint density at radius 3 is 2.64 bits per heavy atom. The van der Waals surface area contributed by atoms with Crippen molar-refractivity contribution in [1.82, 2.24) is 9.97 Å². The smallest absolute Gasteiger partial charge is 0.225 e. The minimum Gasteiger partial charge on any atom is -0.394 e. The summed E-state index contributed by atoms with van der Waals surface area (Å²) in [6, 6.07) is 10.1. The molecule has 5 nitrogen and oxygen atoms in total. The molecule has 1 aromatic carbocycles. The van der Waals surface area contributed by atoms with Crippen molar-refractivity contribution in [2.24, 2.45) is 5.92 Å². The third-order valence-corrected chi connectivity index (χ3v) is 5.25. The zero-order valence-corrected chi connectivity index (χ0v) is 16.3. The molecule has 0 saturated heterocycles. The Hall–Kier alpha value is -1.66. The summed E-state index contributed by atoms with van der Waals surface area (Å²) in [6.45, 7) is 4.90. The normalized spacial score (nSPS) is 15.2. The Balaban J connectivity index is 1.77. The molecule has 1 aromatic heterocycles. The number of hydrogen-bond donors (Lipinski definition) is 3. The third kappa shape index (κ3) is 4.92. The second kappa shape index (κ2) is 8.15. The van der Waals surface area contributed by atoms with Crippen molar-refractivity contribution in [1.29, 1.82) is 0 Å². The number of halogens is 1. The zero-order chi connectivity index (χ0) is 17.8. The quantitative estimate of drug-likeness (QED) is 0.616. The Kier molecular flexibility index (Phi) is 5.91. The Morgan fingerprint density at radius 2 is 2.00 bits per heavy atom. The lowest BCUT2D eigenvalue weighted by molar-refractivity contribution is 0.248. The van der Waals surface area contributed by atoms with Gasteiger partial charge in [-0.1, -0.05) is 48.0 Å². The predicted molar refractivity (Wildman–Crippen MR) is 105 cm³/mol. The SMILES string of the molecule is CC(C)[C@H](CO)Nc1nc(NCc2ccccc2Br)cc(C2CC2)n1. The van der Waals surface area contributed by atoms with Crippen molar-refractivity contribution in [3.63, 3.8) is 0 Å². The van der Waals surface area contributed by atoms with E-state index in [2.05, 4.69) is 56.4 Å². The van der Waals surface area contributed by atoms with Crippen LogP contribution in [0.5, 0.6) is 0 Å². The van der Waals surface area contributed by atoms with Crippen LogP contribution < -0.4 is 10.6 Å². The molecule has 0 spiro atoms. The van der Waals surface area contributed by atoms with Gasteiger partial charge in [-0.2, -0.15) is 4.98 Å². The van der Waals surface area contributed by atoms with E-state index in [-0.39, 0.29) is 12.6 Å². The summed E-state index contributed by atoms with van der Waals surface area (Å²) in [4.78, 5) is 9.25. The first kappa shape index (κ1) is 18.1. The summed E-state index contributed by atoms with van der Waals surface area (Å²) in [5.41, 5.74) is 2.26. The number of nitrogens with one attached hydrogen (secondary N) is 2. The lowest BCUT2D eigenvalue weighted by Gasteiger charge is -2.20. The highest BCUT2D eigenvalue weighted by Crippen LogP contribution is 2.40. The number of aromatic nitrogens is 2. The largest absolute Gasteiger partial charge is 0.394 e. The Bertz CT molecular complexity index is 718. The number of hydrogen-bond acceptors (Lipinski definition) is 5. The molecule has 0 radical (unpaired) electrons. The molecule has 1 aliphatic rings. The molecule has 1 heterocycles. The minimum atomic E-state index is -0.0504. The van der Waals surface area contributed by atoms with Gasteiger partial charge in [-0.15, -0.1) is 0 Å². The molecule has 1 saturated carbocycles. The Labute approximate surface area is 157 Å². The summed E-state index contributed by atoms with van der Waals surface area (Å²) in [6.07, 6.45) is 2.38. The van der Waals surface area contributed by atoms with Crippen LogP contribution in [0.2, 0.25) is 0 Å². The van der Waals surface area contributed by atoms with Gasteiger partial charge in [-0.25, -0.2) is 4.98 Å². The second-order valence-electron chi connectivity index (χ2n) is 6.90. The maximum atomic E-state index is 9.56. The highest BCUT2D eigenvalue weighted by Gasteiger charge is 2.26. The van der Waals surface area contributed by atoms with Gasteiger partial charge in [0.2, 0.25) is 5.95 Å². The van der Waals surface area contributed by atoms with Gasteiger partial charge >= 0.3 is 0 Å². The topological polar surface area (TPSA) is 70.1 Å². The first-order valence-electron chi connectivity index (χ1n) is 8.80. The number of anilines is 2. The van der Waals surface area contributed by atoms with Crippen molar-refractivity contribution in [2.75, 3.05) is 17.2 Å². The molecule has 3 N–H and O–H groups in total. The average molecular weight is 405 g/mol. The van der Waals surface area contributed by atoms with Gasteiger partial charge in [0, 0.05) is 23.0 Å². The van der Waals surface area contributed by atoms with Crippen LogP contribution in [0.1, 0.15) is 43.9 Å². The van der Waals surface area contributed by atoms with E-state index in [9.17, 15) is 5.11 Å². The summed E-state index contributed by atoms with van der Waals surface area (Å²) in [7, 11) is 0. The van der Waals surface area contributed by atoms with E-state index in [0.29, 0.717) is 24.3 Å². The van der Waals surface area contributed by atoms with E-state index in [4.69, 9.17) is 0 Å². The molecule has 134 valence electrons. The van der Waals surface area contributed by atoms with E-state index in [1.807, 2.05) is 24.3 Å². The van der Waals surface area contributed by atoms with Crippen LogP contribution in [0.3, 0.4) is 0 Å². The molecule has 3 rings (SSSR count). The van der Waals surface area contributed by atoms with Gasteiger partial charge in [0.05, 0.1) is 18.3 Å². The highest BCUT2D eigenvalue weighted by molar-refractivity contribution is 9.10. The Morgan fingerprint density at radius 1 is 1.24 bits per heavy atom. The molecule has 0 aliphatic heterocycles. The fraction of sp³-hybridized carbons (Fsp3) is 0.474. The summed E-state index contributed by atoms with van der Waals surface area (Å²) >= 11 is 3.58. The van der Waals surface area contributed by atoms with Gasteiger partial charge in [-0.3, -0.25) is 0 Å². The van der Waals surface area contributed by atoms with Crippen molar-refractivity contribution in [2.45, 2.75) is 45.2 Å². The van der Waals surface area contributed by atoms with E-state index in [1.54, 1.807) is 0 Å². The van der Waals surface area contributed by atoms with Gasteiger partial charge in [0.1, 0.15) is 5.82 Å². The highest BCUT2D eigenvalue weighted by atomic mass is 79.9. The molecule has 1 aliphatic carbocycles. The molecule has 6 heteroatoms.